The summed E-state index contributed by atoms with van der Waals surface area (Å²) < 4.78 is 24.4. The summed E-state index contributed by atoms with van der Waals surface area (Å²) in [6, 6.07) is 0. The second-order valence-electron chi connectivity index (χ2n) is 3.32. The average Bonchev–Trinajstić information content (AvgIpc) is 2.45. The van der Waals surface area contributed by atoms with Gasteiger partial charge in [0.15, 0.2) is 6.29 Å². The standard InChI is InChI=1S/C8H18O5.C4H10O2/c9-1-3-11-5-7-13-8-6-12-4-2-10;1-4(5-2)6-3/h9-10H,1-8H2;4H,1-3H3. The molecule has 0 saturated carbocycles. The molecule has 0 unspecified atom stereocenters. The van der Waals surface area contributed by atoms with E-state index in [2.05, 4.69) is 9.47 Å². The van der Waals surface area contributed by atoms with E-state index in [9.17, 15) is 0 Å². The molecule has 0 bridgehead atoms. The van der Waals surface area contributed by atoms with Crippen molar-refractivity contribution in [3.05, 3.63) is 0 Å². The van der Waals surface area contributed by atoms with Gasteiger partial charge in [-0.2, -0.15) is 0 Å². The molecule has 0 heterocycles. The minimum absolute atomic E-state index is 0.0413. The van der Waals surface area contributed by atoms with Crippen LogP contribution in [0, 0.1) is 0 Å². The molecular formula is C12H28O7. The molecule has 0 atom stereocenters. The summed E-state index contributed by atoms with van der Waals surface area (Å²) in [6.07, 6.45) is -0.0648. The topological polar surface area (TPSA) is 86.6 Å². The molecule has 0 aliphatic carbocycles. The molecule has 0 aromatic rings. The van der Waals surface area contributed by atoms with E-state index in [0.29, 0.717) is 39.6 Å². The lowest BCUT2D eigenvalue weighted by molar-refractivity contribution is -0.0877. The Labute approximate surface area is 115 Å². The fourth-order valence-corrected chi connectivity index (χ4v) is 0.767. The fourth-order valence-electron chi connectivity index (χ4n) is 0.767. The zero-order chi connectivity index (χ0) is 14.8. The number of rotatable bonds is 12. The van der Waals surface area contributed by atoms with Crippen LogP contribution in [0.15, 0.2) is 0 Å². The Morgan fingerprint density at radius 3 is 1.21 bits per heavy atom. The van der Waals surface area contributed by atoms with Crippen molar-refractivity contribution in [3.8, 4) is 0 Å². The Kier molecular flexibility index (Phi) is 22.2. The van der Waals surface area contributed by atoms with Gasteiger partial charge in [-0.25, -0.2) is 0 Å². The lowest BCUT2D eigenvalue weighted by Crippen LogP contribution is -2.11. The highest BCUT2D eigenvalue weighted by Gasteiger charge is 1.90. The summed E-state index contributed by atoms with van der Waals surface area (Å²) in [7, 11) is 3.21. The second-order valence-corrected chi connectivity index (χ2v) is 3.32. The van der Waals surface area contributed by atoms with Crippen molar-refractivity contribution >= 4 is 0 Å². The van der Waals surface area contributed by atoms with Crippen molar-refractivity contribution < 1.29 is 33.9 Å². The highest BCUT2D eigenvalue weighted by molar-refractivity contribution is 4.33. The lowest BCUT2D eigenvalue weighted by atomic mass is 10.7. The summed E-state index contributed by atoms with van der Waals surface area (Å²) >= 11 is 0. The molecule has 0 spiro atoms. The third kappa shape index (κ3) is 23.3. The number of aliphatic hydroxyl groups excluding tert-OH is 2. The first-order valence-electron chi connectivity index (χ1n) is 6.23. The molecule has 0 amide bonds. The van der Waals surface area contributed by atoms with Crippen LogP contribution in [-0.2, 0) is 23.7 Å². The van der Waals surface area contributed by atoms with Gasteiger partial charge in [-0.15, -0.1) is 0 Å². The molecule has 0 rings (SSSR count). The molecule has 0 radical (unpaired) electrons. The third-order valence-electron chi connectivity index (χ3n) is 1.88. The summed E-state index contributed by atoms with van der Waals surface area (Å²) in [5.74, 6) is 0. The average molecular weight is 284 g/mol. The molecule has 0 aliphatic rings. The highest BCUT2D eigenvalue weighted by Crippen LogP contribution is 1.83. The number of hydrogen-bond donors (Lipinski definition) is 2. The lowest BCUT2D eigenvalue weighted by Gasteiger charge is -2.04. The van der Waals surface area contributed by atoms with Crippen LogP contribution in [0.1, 0.15) is 6.92 Å². The van der Waals surface area contributed by atoms with Crippen LogP contribution in [0.2, 0.25) is 0 Å². The minimum atomic E-state index is -0.0648. The van der Waals surface area contributed by atoms with Crippen molar-refractivity contribution in [2.24, 2.45) is 0 Å². The van der Waals surface area contributed by atoms with Gasteiger partial charge in [0.2, 0.25) is 0 Å². The Hall–Kier alpha value is -0.280. The first-order chi connectivity index (χ1) is 9.22. The van der Waals surface area contributed by atoms with Crippen molar-refractivity contribution in [1.82, 2.24) is 0 Å². The predicted molar refractivity (Wildman–Crippen MR) is 70.1 cm³/mol. The van der Waals surface area contributed by atoms with Crippen molar-refractivity contribution in [2.75, 3.05) is 67.1 Å². The van der Waals surface area contributed by atoms with E-state index in [1.165, 1.54) is 0 Å². The number of methoxy groups -OCH3 is 2. The first kappa shape index (κ1) is 21.0. The SMILES string of the molecule is COC(C)OC.OCCOCCOCCOCCO. The van der Waals surface area contributed by atoms with Crippen LogP contribution in [0.5, 0.6) is 0 Å². The molecular weight excluding hydrogens is 256 g/mol. The molecule has 0 aromatic heterocycles. The van der Waals surface area contributed by atoms with E-state index >= 15 is 0 Å². The summed E-state index contributed by atoms with van der Waals surface area (Å²) in [6.45, 7) is 4.60. The van der Waals surface area contributed by atoms with Crippen LogP contribution in [0.4, 0.5) is 0 Å². The predicted octanol–water partition coefficient (Wildman–Crippen LogP) is -0.354. The number of ether oxygens (including phenoxy) is 5. The van der Waals surface area contributed by atoms with E-state index in [0.717, 1.165) is 0 Å². The van der Waals surface area contributed by atoms with E-state index < -0.39 is 0 Å². The maximum Gasteiger partial charge on any atom is 0.154 e. The number of hydrogen-bond acceptors (Lipinski definition) is 7. The zero-order valence-corrected chi connectivity index (χ0v) is 12.2. The fraction of sp³-hybridized carbons (Fsp3) is 1.00. The van der Waals surface area contributed by atoms with E-state index in [-0.39, 0.29) is 19.5 Å². The zero-order valence-electron chi connectivity index (χ0n) is 12.2. The Morgan fingerprint density at radius 1 is 0.684 bits per heavy atom. The third-order valence-corrected chi connectivity index (χ3v) is 1.88. The Morgan fingerprint density at radius 2 is 1.00 bits per heavy atom. The van der Waals surface area contributed by atoms with Gasteiger partial charge >= 0.3 is 0 Å². The molecule has 0 fully saturated rings. The second kappa shape index (κ2) is 20.0. The van der Waals surface area contributed by atoms with Crippen molar-refractivity contribution in [2.45, 2.75) is 13.2 Å². The molecule has 7 nitrogen and oxygen atoms in total. The van der Waals surface area contributed by atoms with Gasteiger partial charge in [-0.05, 0) is 6.92 Å². The Balaban J connectivity index is 0. The molecule has 118 valence electrons. The summed E-state index contributed by atoms with van der Waals surface area (Å²) in [5.41, 5.74) is 0. The van der Waals surface area contributed by atoms with Crippen LogP contribution in [0.3, 0.4) is 0 Å². The van der Waals surface area contributed by atoms with E-state index in [1.54, 1.807) is 14.2 Å². The van der Waals surface area contributed by atoms with Crippen molar-refractivity contribution in [3.63, 3.8) is 0 Å². The highest BCUT2D eigenvalue weighted by atomic mass is 16.7. The van der Waals surface area contributed by atoms with Crippen molar-refractivity contribution in [1.29, 1.82) is 0 Å². The van der Waals surface area contributed by atoms with Gasteiger partial charge in [-0.1, -0.05) is 0 Å². The molecule has 7 heteroatoms. The summed E-state index contributed by atoms with van der Waals surface area (Å²) in [4.78, 5) is 0. The Bertz CT molecular complexity index is 132. The van der Waals surface area contributed by atoms with Crippen LogP contribution in [-0.4, -0.2) is 83.6 Å². The van der Waals surface area contributed by atoms with Gasteiger partial charge in [0.05, 0.1) is 52.9 Å². The molecule has 0 aliphatic heterocycles. The maximum atomic E-state index is 8.36. The van der Waals surface area contributed by atoms with Crippen LogP contribution >= 0.6 is 0 Å². The monoisotopic (exact) mass is 284 g/mol. The van der Waals surface area contributed by atoms with Gasteiger partial charge in [0.25, 0.3) is 0 Å². The van der Waals surface area contributed by atoms with Gasteiger partial charge in [0.1, 0.15) is 0 Å². The number of aliphatic hydroxyl groups is 2. The van der Waals surface area contributed by atoms with E-state index in [1.807, 2.05) is 6.92 Å². The smallest absolute Gasteiger partial charge is 0.154 e. The van der Waals surface area contributed by atoms with Gasteiger partial charge in [0, 0.05) is 14.2 Å². The molecule has 0 aromatic carbocycles. The van der Waals surface area contributed by atoms with Gasteiger partial charge < -0.3 is 33.9 Å². The molecule has 19 heavy (non-hydrogen) atoms. The van der Waals surface area contributed by atoms with Gasteiger partial charge in [-0.3, -0.25) is 0 Å². The van der Waals surface area contributed by atoms with E-state index in [4.69, 9.17) is 24.4 Å². The quantitative estimate of drug-likeness (QED) is 0.374. The maximum absolute atomic E-state index is 8.36. The molecule has 2 N–H and O–H groups in total. The van der Waals surface area contributed by atoms with Crippen LogP contribution < -0.4 is 0 Å². The van der Waals surface area contributed by atoms with Crippen LogP contribution in [0.25, 0.3) is 0 Å². The first-order valence-corrected chi connectivity index (χ1v) is 6.23. The normalized spacial score (nSPS) is 10.4. The summed E-state index contributed by atoms with van der Waals surface area (Å²) in [5, 5.41) is 16.7. The molecule has 0 saturated heterocycles. The largest absolute Gasteiger partial charge is 0.394 e. The minimum Gasteiger partial charge on any atom is -0.394 e.